The number of aryl methyl sites for hydroxylation is 1. The lowest BCUT2D eigenvalue weighted by Crippen LogP contribution is -2.15. The SMILES string of the molecule is C=CCC[C@H](C)Nc1cnccc1C. The number of anilines is 1. The first-order chi connectivity index (χ1) is 6.74. The molecule has 0 aromatic carbocycles. The van der Waals surface area contributed by atoms with E-state index in [2.05, 4.69) is 30.7 Å². The highest BCUT2D eigenvalue weighted by atomic mass is 14.9. The maximum Gasteiger partial charge on any atom is 0.0558 e. The van der Waals surface area contributed by atoms with Crippen molar-refractivity contribution in [2.45, 2.75) is 32.7 Å². The van der Waals surface area contributed by atoms with Crippen LogP contribution in [0.5, 0.6) is 0 Å². The van der Waals surface area contributed by atoms with Gasteiger partial charge in [-0.3, -0.25) is 4.98 Å². The highest BCUT2D eigenvalue weighted by Crippen LogP contribution is 2.14. The van der Waals surface area contributed by atoms with Crippen molar-refractivity contribution in [1.82, 2.24) is 4.98 Å². The summed E-state index contributed by atoms with van der Waals surface area (Å²) < 4.78 is 0. The quantitative estimate of drug-likeness (QED) is 0.721. The van der Waals surface area contributed by atoms with Crippen LogP contribution in [0.2, 0.25) is 0 Å². The molecule has 0 unspecified atom stereocenters. The molecule has 1 rings (SSSR count). The van der Waals surface area contributed by atoms with E-state index >= 15 is 0 Å². The Morgan fingerprint density at radius 3 is 3.07 bits per heavy atom. The van der Waals surface area contributed by atoms with Crippen LogP contribution in [0.15, 0.2) is 31.1 Å². The zero-order chi connectivity index (χ0) is 10.4. The fraction of sp³-hybridized carbons (Fsp3) is 0.417. The van der Waals surface area contributed by atoms with E-state index in [1.165, 1.54) is 5.56 Å². The third-order valence-corrected chi connectivity index (χ3v) is 2.24. The predicted octanol–water partition coefficient (Wildman–Crippen LogP) is 3.16. The smallest absolute Gasteiger partial charge is 0.0558 e. The first-order valence-electron chi connectivity index (χ1n) is 5.02. The summed E-state index contributed by atoms with van der Waals surface area (Å²) in [4.78, 5) is 4.10. The highest BCUT2D eigenvalue weighted by molar-refractivity contribution is 5.48. The standard InChI is InChI=1S/C12H18N2/c1-4-5-6-11(3)14-12-9-13-8-7-10(12)2/h4,7-9,11,14H,1,5-6H2,2-3H3/t11-/m0/s1. The number of allylic oxidation sites excluding steroid dienone is 1. The maximum atomic E-state index is 4.10. The summed E-state index contributed by atoms with van der Waals surface area (Å²) in [5.41, 5.74) is 2.37. The molecule has 1 N–H and O–H groups in total. The van der Waals surface area contributed by atoms with Gasteiger partial charge in [-0.1, -0.05) is 6.08 Å². The molecule has 1 atom stereocenters. The Balaban J connectivity index is 2.51. The fourth-order valence-electron chi connectivity index (χ4n) is 1.32. The minimum Gasteiger partial charge on any atom is -0.381 e. The number of aromatic nitrogens is 1. The van der Waals surface area contributed by atoms with Crippen LogP contribution in [0.25, 0.3) is 0 Å². The summed E-state index contributed by atoms with van der Waals surface area (Å²) in [5, 5.41) is 3.43. The molecule has 0 fully saturated rings. The van der Waals surface area contributed by atoms with Crippen molar-refractivity contribution < 1.29 is 0 Å². The molecule has 1 aromatic heterocycles. The normalized spacial score (nSPS) is 12.1. The Morgan fingerprint density at radius 2 is 2.43 bits per heavy atom. The number of hydrogen-bond acceptors (Lipinski definition) is 2. The summed E-state index contributed by atoms with van der Waals surface area (Å²) in [5.74, 6) is 0. The largest absolute Gasteiger partial charge is 0.381 e. The van der Waals surface area contributed by atoms with Crippen molar-refractivity contribution in [3.63, 3.8) is 0 Å². The second-order valence-electron chi connectivity index (χ2n) is 3.60. The molecule has 2 heteroatoms. The van der Waals surface area contributed by atoms with Crippen molar-refractivity contribution in [2.75, 3.05) is 5.32 Å². The number of nitrogens with zero attached hydrogens (tertiary/aromatic N) is 1. The van der Waals surface area contributed by atoms with Crippen LogP contribution >= 0.6 is 0 Å². The van der Waals surface area contributed by atoms with Crippen LogP contribution in [-0.2, 0) is 0 Å². The minimum atomic E-state index is 0.468. The van der Waals surface area contributed by atoms with Crippen molar-refractivity contribution in [3.8, 4) is 0 Å². The van der Waals surface area contributed by atoms with Gasteiger partial charge in [0.2, 0.25) is 0 Å². The number of rotatable bonds is 5. The second-order valence-corrected chi connectivity index (χ2v) is 3.60. The lowest BCUT2D eigenvalue weighted by atomic mass is 10.1. The predicted molar refractivity (Wildman–Crippen MR) is 61.5 cm³/mol. The van der Waals surface area contributed by atoms with Gasteiger partial charge in [-0.05, 0) is 38.3 Å². The number of hydrogen-bond donors (Lipinski definition) is 1. The second kappa shape index (κ2) is 5.43. The van der Waals surface area contributed by atoms with E-state index in [0.29, 0.717) is 6.04 Å². The van der Waals surface area contributed by atoms with Crippen molar-refractivity contribution in [2.24, 2.45) is 0 Å². The fourth-order valence-corrected chi connectivity index (χ4v) is 1.32. The molecule has 14 heavy (non-hydrogen) atoms. The molecule has 0 aliphatic rings. The van der Waals surface area contributed by atoms with E-state index in [0.717, 1.165) is 18.5 Å². The third-order valence-electron chi connectivity index (χ3n) is 2.24. The molecule has 0 aliphatic carbocycles. The molecular weight excluding hydrogens is 172 g/mol. The van der Waals surface area contributed by atoms with Crippen molar-refractivity contribution in [3.05, 3.63) is 36.7 Å². The molecule has 0 aliphatic heterocycles. The number of pyridine rings is 1. The monoisotopic (exact) mass is 190 g/mol. The van der Waals surface area contributed by atoms with Crippen molar-refractivity contribution in [1.29, 1.82) is 0 Å². The van der Waals surface area contributed by atoms with E-state index in [9.17, 15) is 0 Å². The molecule has 76 valence electrons. The van der Waals surface area contributed by atoms with Crippen LogP contribution in [-0.4, -0.2) is 11.0 Å². The van der Waals surface area contributed by atoms with Crippen LogP contribution < -0.4 is 5.32 Å². The van der Waals surface area contributed by atoms with E-state index in [-0.39, 0.29) is 0 Å². The lowest BCUT2D eigenvalue weighted by Gasteiger charge is -2.15. The molecular formula is C12H18N2. The molecule has 1 aromatic rings. The average molecular weight is 190 g/mol. The Hall–Kier alpha value is -1.31. The van der Waals surface area contributed by atoms with Gasteiger partial charge in [0.1, 0.15) is 0 Å². The van der Waals surface area contributed by atoms with Crippen LogP contribution in [0.3, 0.4) is 0 Å². The molecule has 0 amide bonds. The molecule has 0 spiro atoms. The Morgan fingerprint density at radius 1 is 1.64 bits per heavy atom. The van der Waals surface area contributed by atoms with Gasteiger partial charge in [0.05, 0.1) is 11.9 Å². The summed E-state index contributed by atoms with van der Waals surface area (Å²) in [6, 6.07) is 2.48. The first kappa shape index (κ1) is 10.8. The topological polar surface area (TPSA) is 24.9 Å². The van der Waals surface area contributed by atoms with Gasteiger partial charge in [0.25, 0.3) is 0 Å². The van der Waals surface area contributed by atoms with Crippen molar-refractivity contribution >= 4 is 5.69 Å². The molecule has 0 radical (unpaired) electrons. The summed E-state index contributed by atoms with van der Waals surface area (Å²) in [6.07, 6.45) is 7.80. The van der Waals surface area contributed by atoms with Gasteiger partial charge in [0, 0.05) is 12.2 Å². The van der Waals surface area contributed by atoms with Crippen LogP contribution in [0.4, 0.5) is 5.69 Å². The Bertz CT molecular complexity index is 294. The summed E-state index contributed by atoms with van der Waals surface area (Å²) >= 11 is 0. The van der Waals surface area contributed by atoms with Gasteiger partial charge in [-0.25, -0.2) is 0 Å². The van der Waals surface area contributed by atoms with Gasteiger partial charge < -0.3 is 5.32 Å². The highest BCUT2D eigenvalue weighted by Gasteiger charge is 2.02. The number of nitrogens with one attached hydrogen (secondary N) is 1. The van der Waals surface area contributed by atoms with E-state index in [1.807, 2.05) is 24.5 Å². The molecule has 0 bridgehead atoms. The van der Waals surface area contributed by atoms with E-state index in [1.54, 1.807) is 0 Å². The third kappa shape index (κ3) is 3.21. The molecule has 0 saturated carbocycles. The van der Waals surface area contributed by atoms with E-state index in [4.69, 9.17) is 0 Å². The Kier molecular flexibility index (Phi) is 4.17. The van der Waals surface area contributed by atoms with Gasteiger partial charge in [0.15, 0.2) is 0 Å². The Labute approximate surface area is 86.1 Å². The summed E-state index contributed by atoms with van der Waals surface area (Å²) in [6.45, 7) is 7.98. The molecule has 0 saturated heterocycles. The molecule has 2 nitrogen and oxygen atoms in total. The zero-order valence-corrected chi connectivity index (χ0v) is 8.96. The first-order valence-corrected chi connectivity index (χ1v) is 5.02. The van der Waals surface area contributed by atoms with Gasteiger partial charge in [-0.15, -0.1) is 6.58 Å². The average Bonchev–Trinajstić information content (AvgIpc) is 2.18. The van der Waals surface area contributed by atoms with E-state index < -0.39 is 0 Å². The van der Waals surface area contributed by atoms with Gasteiger partial charge in [-0.2, -0.15) is 0 Å². The van der Waals surface area contributed by atoms with Gasteiger partial charge >= 0.3 is 0 Å². The summed E-state index contributed by atoms with van der Waals surface area (Å²) in [7, 11) is 0. The molecule has 1 heterocycles. The van der Waals surface area contributed by atoms with Crippen LogP contribution in [0, 0.1) is 6.92 Å². The lowest BCUT2D eigenvalue weighted by molar-refractivity contribution is 0.718. The van der Waals surface area contributed by atoms with Crippen LogP contribution in [0.1, 0.15) is 25.3 Å². The minimum absolute atomic E-state index is 0.468. The maximum absolute atomic E-state index is 4.10. The zero-order valence-electron chi connectivity index (χ0n) is 8.96.